The maximum absolute atomic E-state index is 13.4. The Morgan fingerprint density at radius 3 is 2.23 bits per heavy atom. The van der Waals surface area contributed by atoms with Crippen LogP contribution >= 0.6 is 0 Å². The fraction of sp³-hybridized carbons (Fsp3) is 0.481. The van der Waals surface area contributed by atoms with Crippen LogP contribution in [0.5, 0.6) is 0 Å². The number of hydrogen-bond donors (Lipinski definition) is 1. The highest BCUT2D eigenvalue weighted by Crippen LogP contribution is 2.22. The number of nitrogens with zero attached hydrogens (tertiary/aromatic N) is 2. The van der Waals surface area contributed by atoms with Crippen LogP contribution in [0, 0.1) is 20.8 Å². The van der Waals surface area contributed by atoms with E-state index in [4.69, 9.17) is 0 Å². The zero-order chi connectivity index (χ0) is 26.2. The molecule has 2 aromatic carbocycles. The number of carbonyl (C=O) groups is 2. The Morgan fingerprint density at radius 2 is 1.66 bits per heavy atom. The molecule has 0 saturated carbocycles. The second-order valence-electron chi connectivity index (χ2n) is 8.97. The van der Waals surface area contributed by atoms with Gasteiger partial charge in [-0.15, -0.1) is 0 Å². The number of nitrogens with one attached hydrogen (secondary N) is 1. The van der Waals surface area contributed by atoms with Crippen LogP contribution in [-0.2, 0) is 26.2 Å². The Morgan fingerprint density at radius 1 is 0.971 bits per heavy atom. The minimum atomic E-state index is -3.52. The van der Waals surface area contributed by atoms with Gasteiger partial charge in [-0.25, -0.2) is 8.42 Å². The summed E-state index contributed by atoms with van der Waals surface area (Å²) in [6, 6.07) is 12.8. The van der Waals surface area contributed by atoms with Crippen molar-refractivity contribution in [1.82, 2.24) is 10.2 Å². The van der Waals surface area contributed by atoms with Crippen molar-refractivity contribution in [2.45, 2.75) is 66.5 Å². The summed E-state index contributed by atoms with van der Waals surface area (Å²) in [6.45, 7) is 10.6. The van der Waals surface area contributed by atoms with Crippen molar-refractivity contribution in [2.24, 2.45) is 0 Å². The van der Waals surface area contributed by atoms with Gasteiger partial charge in [-0.05, 0) is 74.9 Å². The standard InChI is InChI=1S/C27H39N3O4S/c1-7-25(27(32)28-8-2)29(19-23-13-10-9-12-21(23)4)26(31)14-11-17-30(35(6,33)34)24-16-15-20(3)22(5)18-24/h9-10,12-13,15-16,18,25H,7-8,11,14,17,19H2,1-6H3,(H,28,32)/t25-/m0/s1. The van der Waals surface area contributed by atoms with Gasteiger partial charge in [0.15, 0.2) is 0 Å². The second-order valence-corrected chi connectivity index (χ2v) is 10.9. The van der Waals surface area contributed by atoms with Gasteiger partial charge in [0, 0.05) is 26.1 Å². The lowest BCUT2D eigenvalue weighted by molar-refractivity contribution is -0.141. The molecule has 0 radical (unpaired) electrons. The van der Waals surface area contributed by atoms with E-state index in [0.29, 0.717) is 31.6 Å². The SMILES string of the molecule is CCNC(=O)[C@H](CC)N(Cc1ccccc1C)C(=O)CCCN(c1ccc(C)c(C)c1)S(C)(=O)=O. The quantitative estimate of drug-likeness (QED) is 0.474. The van der Waals surface area contributed by atoms with Crippen LogP contribution in [0.3, 0.4) is 0 Å². The van der Waals surface area contributed by atoms with Crippen LogP contribution in [0.4, 0.5) is 5.69 Å². The number of sulfonamides is 1. The van der Waals surface area contributed by atoms with Gasteiger partial charge >= 0.3 is 0 Å². The van der Waals surface area contributed by atoms with Crippen molar-refractivity contribution in [3.63, 3.8) is 0 Å². The predicted molar refractivity (Wildman–Crippen MR) is 142 cm³/mol. The van der Waals surface area contributed by atoms with Gasteiger partial charge in [-0.3, -0.25) is 13.9 Å². The maximum atomic E-state index is 13.4. The summed E-state index contributed by atoms with van der Waals surface area (Å²) in [5, 5.41) is 2.84. The van der Waals surface area contributed by atoms with E-state index in [1.54, 1.807) is 11.0 Å². The molecule has 0 spiro atoms. The number of aryl methyl sites for hydroxylation is 3. The molecule has 1 atom stereocenters. The average molecular weight is 502 g/mol. The lowest BCUT2D eigenvalue weighted by atomic mass is 10.1. The normalized spacial score (nSPS) is 12.2. The smallest absolute Gasteiger partial charge is 0.242 e. The van der Waals surface area contributed by atoms with E-state index in [2.05, 4.69) is 5.32 Å². The highest BCUT2D eigenvalue weighted by atomic mass is 32.2. The third-order valence-corrected chi connectivity index (χ3v) is 7.46. The zero-order valence-corrected chi connectivity index (χ0v) is 22.6. The minimum absolute atomic E-state index is 0.138. The van der Waals surface area contributed by atoms with Gasteiger partial charge in [0.1, 0.15) is 6.04 Å². The van der Waals surface area contributed by atoms with E-state index >= 15 is 0 Å². The van der Waals surface area contributed by atoms with E-state index in [1.165, 1.54) is 10.6 Å². The van der Waals surface area contributed by atoms with Crippen molar-refractivity contribution in [3.8, 4) is 0 Å². The van der Waals surface area contributed by atoms with E-state index in [9.17, 15) is 18.0 Å². The summed E-state index contributed by atoms with van der Waals surface area (Å²) in [4.78, 5) is 27.8. The van der Waals surface area contributed by atoms with Crippen LogP contribution in [0.1, 0.15) is 55.4 Å². The molecule has 2 rings (SSSR count). The molecule has 7 nitrogen and oxygen atoms in total. The number of benzene rings is 2. The third kappa shape index (κ3) is 7.82. The van der Waals surface area contributed by atoms with Crippen LogP contribution in [0.25, 0.3) is 0 Å². The summed E-state index contributed by atoms with van der Waals surface area (Å²) >= 11 is 0. The molecular weight excluding hydrogens is 462 g/mol. The Hall–Kier alpha value is -2.87. The molecule has 192 valence electrons. The van der Waals surface area contributed by atoms with Crippen molar-refractivity contribution in [3.05, 3.63) is 64.7 Å². The summed E-state index contributed by atoms with van der Waals surface area (Å²) in [5.41, 5.74) is 4.71. The van der Waals surface area contributed by atoms with Crippen molar-refractivity contribution >= 4 is 27.5 Å². The molecular formula is C27H39N3O4S. The topological polar surface area (TPSA) is 86.8 Å². The average Bonchev–Trinajstić information content (AvgIpc) is 2.79. The highest BCUT2D eigenvalue weighted by molar-refractivity contribution is 7.92. The molecule has 0 unspecified atom stereocenters. The first kappa shape index (κ1) is 28.4. The number of amides is 2. The molecule has 2 aromatic rings. The largest absolute Gasteiger partial charge is 0.355 e. The minimum Gasteiger partial charge on any atom is -0.355 e. The lowest BCUT2D eigenvalue weighted by Gasteiger charge is -2.31. The summed E-state index contributed by atoms with van der Waals surface area (Å²) in [7, 11) is -3.52. The fourth-order valence-electron chi connectivity index (χ4n) is 4.07. The molecule has 8 heteroatoms. The first-order chi connectivity index (χ1) is 16.5. The fourth-order valence-corrected chi connectivity index (χ4v) is 5.02. The second kappa shape index (κ2) is 12.7. The Bertz CT molecular complexity index is 1130. The lowest BCUT2D eigenvalue weighted by Crippen LogP contribution is -2.49. The molecule has 0 aromatic heterocycles. The summed E-state index contributed by atoms with van der Waals surface area (Å²) in [5.74, 6) is -0.343. The van der Waals surface area contributed by atoms with E-state index in [1.807, 2.05) is 71.0 Å². The number of carbonyl (C=O) groups excluding carboxylic acids is 2. The molecule has 0 aliphatic carbocycles. The van der Waals surface area contributed by atoms with Crippen molar-refractivity contribution in [2.75, 3.05) is 23.7 Å². The molecule has 0 bridgehead atoms. The van der Waals surface area contributed by atoms with E-state index in [0.717, 1.165) is 22.3 Å². The first-order valence-corrected chi connectivity index (χ1v) is 14.0. The van der Waals surface area contributed by atoms with Crippen LogP contribution in [0.15, 0.2) is 42.5 Å². The monoisotopic (exact) mass is 501 g/mol. The number of rotatable bonds is 12. The molecule has 0 aliphatic rings. The van der Waals surface area contributed by atoms with Crippen molar-refractivity contribution in [1.29, 1.82) is 0 Å². The number of hydrogen-bond acceptors (Lipinski definition) is 4. The Labute approximate surface area is 210 Å². The predicted octanol–water partition coefficient (Wildman–Crippen LogP) is 4.10. The highest BCUT2D eigenvalue weighted by Gasteiger charge is 2.29. The first-order valence-electron chi connectivity index (χ1n) is 12.2. The molecule has 2 amide bonds. The van der Waals surface area contributed by atoms with E-state index in [-0.39, 0.29) is 24.8 Å². The van der Waals surface area contributed by atoms with Crippen LogP contribution < -0.4 is 9.62 Å². The third-order valence-electron chi connectivity index (χ3n) is 6.27. The van der Waals surface area contributed by atoms with Gasteiger partial charge in [-0.1, -0.05) is 37.3 Å². The summed E-state index contributed by atoms with van der Waals surface area (Å²) in [6.07, 6.45) is 2.14. The molecule has 0 saturated heterocycles. The number of anilines is 1. The molecule has 1 N–H and O–H groups in total. The molecule has 0 heterocycles. The van der Waals surface area contributed by atoms with Crippen LogP contribution in [-0.4, -0.2) is 50.5 Å². The Balaban J connectivity index is 2.23. The zero-order valence-electron chi connectivity index (χ0n) is 21.8. The van der Waals surface area contributed by atoms with Gasteiger partial charge in [-0.2, -0.15) is 0 Å². The van der Waals surface area contributed by atoms with E-state index < -0.39 is 16.1 Å². The van der Waals surface area contributed by atoms with Crippen molar-refractivity contribution < 1.29 is 18.0 Å². The van der Waals surface area contributed by atoms with Gasteiger partial charge < -0.3 is 10.2 Å². The van der Waals surface area contributed by atoms with Gasteiger partial charge in [0.05, 0.1) is 11.9 Å². The maximum Gasteiger partial charge on any atom is 0.242 e. The summed E-state index contributed by atoms with van der Waals surface area (Å²) < 4.78 is 26.4. The Kier molecular flexibility index (Phi) is 10.3. The molecule has 35 heavy (non-hydrogen) atoms. The number of likely N-dealkylation sites (N-methyl/N-ethyl adjacent to an activating group) is 1. The molecule has 0 aliphatic heterocycles. The van der Waals surface area contributed by atoms with Gasteiger partial charge in [0.2, 0.25) is 21.8 Å². The molecule has 0 fully saturated rings. The van der Waals surface area contributed by atoms with Gasteiger partial charge in [0.25, 0.3) is 0 Å². The van der Waals surface area contributed by atoms with Crippen LogP contribution in [0.2, 0.25) is 0 Å².